The fourth-order valence-corrected chi connectivity index (χ4v) is 2.41. The second kappa shape index (κ2) is 3.67. The lowest BCUT2D eigenvalue weighted by Gasteiger charge is -2.28. The minimum absolute atomic E-state index is 0.265. The van der Waals surface area contributed by atoms with E-state index in [1.165, 1.54) is 24.2 Å². The molecule has 1 aromatic heterocycles. The van der Waals surface area contributed by atoms with E-state index in [-0.39, 0.29) is 5.41 Å². The van der Waals surface area contributed by atoms with Crippen molar-refractivity contribution < 1.29 is 0 Å². The van der Waals surface area contributed by atoms with Gasteiger partial charge in [-0.05, 0) is 23.1 Å². The molecule has 0 atom stereocenters. The van der Waals surface area contributed by atoms with Gasteiger partial charge in [-0.1, -0.05) is 27.7 Å². The van der Waals surface area contributed by atoms with E-state index in [1.807, 2.05) is 0 Å². The number of H-pyrrole nitrogens is 1. The maximum absolute atomic E-state index is 3.45. The predicted octanol–water partition coefficient (Wildman–Crippen LogP) is 2.69. The van der Waals surface area contributed by atoms with Crippen LogP contribution in [0.25, 0.3) is 0 Å². The van der Waals surface area contributed by atoms with E-state index in [0.29, 0.717) is 0 Å². The fourth-order valence-electron chi connectivity index (χ4n) is 2.41. The standard InChI is InChI=1S/C13H22N2/c1-5-15-7-6-12-10(9-15)11(8-14-12)13(2,3)4/h8,14H,5-7,9H2,1-4H3. The van der Waals surface area contributed by atoms with E-state index < -0.39 is 0 Å². The van der Waals surface area contributed by atoms with Crippen LogP contribution in [0.15, 0.2) is 6.20 Å². The normalized spacial score (nSPS) is 17.9. The second-order valence-corrected chi connectivity index (χ2v) is 5.53. The summed E-state index contributed by atoms with van der Waals surface area (Å²) in [5, 5.41) is 0. The average Bonchev–Trinajstić information content (AvgIpc) is 2.59. The first-order chi connectivity index (χ1) is 7.02. The van der Waals surface area contributed by atoms with Crippen LogP contribution in [-0.2, 0) is 18.4 Å². The van der Waals surface area contributed by atoms with Crippen LogP contribution in [0.2, 0.25) is 0 Å². The first-order valence-electron chi connectivity index (χ1n) is 5.94. The van der Waals surface area contributed by atoms with E-state index >= 15 is 0 Å². The van der Waals surface area contributed by atoms with Gasteiger partial charge >= 0.3 is 0 Å². The van der Waals surface area contributed by atoms with Crippen LogP contribution < -0.4 is 0 Å². The van der Waals surface area contributed by atoms with Crippen molar-refractivity contribution in [3.63, 3.8) is 0 Å². The minimum atomic E-state index is 0.265. The zero-order valence-corrected chi connectivity index (χ0v) is 10.4. The molecule has 2 heterocycles. The summed E-state index contributed by atoms with van der Waals surface area (Å²) in [6.45, 7) is 12.6. The summed E-state index contributed by atoms with van der Waals surface area (Å²) in [6, 6.07) is 0. The number of hydrogen-bond donors (Lipinski definition) is 1. The minimum Gasteiger partial charge on any atom is -0.364 e. The third kappa shape index (κ3) is 1.96. The Bertz CT molecular complexity index is 344. The monoisotopic (exact) mass is 206 g/mol. The second-order valence-electron chi connectivity index (χ2n) is 5.53. The lowest BCUT2D eigenvalue weighted by atomic mass is 9.84. The number of fused-ring (bicyclic) bond motifs is 1. The van der Waals surface area contributed by atoms with Gasteiger partial charge < -0.3 is 4.98 Å². The van der Waals surface area contributed by atoms with Gasteiger partial charge in [0, 0.05) is 31.4 Å². The summed E-state index contributed by atoms with van der Waals surface area (Å²) in [7, 11) is 0. The summed E-state index contributed by atoms with van der Waals surface area (Å²) in [5.74, 6) is 0. The molecule has 0 bridgehead atoms. The van der Waals surface area contributed by atoms with E-state index in [1.54, 1.807) is 5.56 Å². The zero-order chi connectivity index (χ0) is 11.1. The van der Waals surface area contributed by atoms with Crippen LogP contribution in [0.5, 0.6) is 0 Å². The molecule has 0 aromatic carbocycles. The Balaban J connectivity index is 2.34. The maximum Gasteiger partial charge on any atom is 0.0254 e. The van der Waals surface area contributed by atoms with E-state index in [9.17, 15) is 0 Å². The molecule has 1 aliphatic heterocycles. The molecular formula is C13H22N2. The molecule has 0 amide bonds. The van der Waals surface area contributed by atoms with Gasteiger partial charge in [0.15, 0.2) is 0 Å². The number of aromatic amines is 1. The Morgan fingerprint density at radius 1 is 1.40 bits per heavy atom. The van der Waals surface area contributed by atoms with Crippen molar-refractivity contribution in [2.75, 3.05) is 13.1 Å². The van der Waals surface area contributed by atoms with Crippen LogP contribution in [0.3, 0.4) is 0 Å². The van der Waals surface area contributed by atoms with Crippen molar-refractivity contribution in [3.8, 4) is 0 Å². The van der Waals surface area contributed by atoms with Crippen molar-refractivity contribution in [1.29, 1.82) is 0 Å². The third-order valence-corrected chi connectivity index (χ3v) is 3.40. The molecule has 2 nitrogen and oxygen atoms in total. The van der Waals surface area contributed by atoms with Gasteiger partial charge in [0.25, 0.3) is 0 Å². The highest BCUT2D eigenvalue weighted by atomic mass is 15.1. The van der Waals surface area contributed by atoms with Crippen LogP contribution in [0, 0.1) is 0 Å². The van der Waals surface area contributed by atoms with Gasteiger partial charge in [-0.25, -0.2) is 0 Å². The highest BCUT2D eigenvalue weighted by Gasteiger charge is 2.25. The number of nitrogens with zero attached hydrogens (tertiary/aromatic N) is 1. The smallest absolute Gasteiger partial charge is 0.0254 e. The Hall–Kier alpha value is -0.760. The molecule has 0 fully saturated rings. The fraction of sp³-hybridized carbons (Fsp3) is 0.692. The zero-order valence-electron chi connectivity index (χ0n) is 10.4. The van der Waals surface area contributed by atoms with E-state index in [4.69, 9.17) is 0 Å². The molecule has 0 saturated heterocycles. The molecule has 2 heteroatoms. The largest absolute Gasteiger partial charge is 0.364 e. The average molecular weight is 206 g/mol. The first-order valence-corrected chi connectivity index (χ1v) is 5.94. The summed E-state index contributed by atoms with van der Waals surface area (Å²) >= 11 is 0. The summed E-state index contributed by atoms with van der Waals surface area (Å²) in [4.78, 5) is 5.97. The molecule has 0 saturated carbocycles. The molecule has 1 aromatic rings. The Labute approximate surface area is 92.7 Å². The van der Waals surface area contributed by atoms with Crippen molar-refractivity contribution in [2.45, 2.75) is 46.1 Å². The van der Waals surface area contributed by atoms with Crippen LogP contribution in [-0.4, -0.2) is 23.0 Å². The van der Waals surface area contributed by atoms with Crippen LogP contribution >= 0.6 is 0 Å². The molecule has 0 spiro atoms. The summed E-state index contributed by atoms with van der Waals surface area (Å²) in [5.41, 5.74) is 4.77. The number of nitrogens with one attached hydrogen (secondary N) is 1. The van der Waals surface area contributed by atoms with E-state index in [2.05, 4.69) is 43.8 Å². The van der Waals surface area contributed by atoms with Gasteiger partial charge in [-0.15, -0.1) is 0 Å². The molecule has 0 radical (unpaired) electrons. The number of aromatic nitrogens is 1. The van der Waals surface area contributed by atoms with Gasteiger partial charge in [0.2, 0.25) is 0 Å². The predicted molar refractivity (Wildman–Crippen MR) is 64.1 cm³/mol. The Kier molecular flexibility index (Phi) is 2.63. The van der Waals surface area contributed by atoms with E-state index in [0.717, 1.165) is 13.1 Å². The van der Waals surface area contributed by atoms with Gasteiger partial charge in [-0.2, -0.15) is 0 Å². The highest BCUT2D eigenvalue weighted by molar-refractivity contribution is 5.37. The topological polar surface area (TPSA) is 19.0 Å². The maximum atomic E-state index is 3.45. The number of rotatable bonds is 1. The quantitative estimate of drug-likeness (QED) is 0.748. The van der Waals surface area contributed by atoms with Crippen molar-refractivity contribution in [1.82, 2.24) is 9.88 Å². The summed E-state index contributed by atoms with van der Waals surface area (Å²) < 4.78 is 0. The third-order valence-electron chi connectivity index (χ3n) is 3.40. The summed E-state index contributed by atoms with van der Waals surface area (Å²) in [6.07, 6.45) is 3.39. The van der Waals surface area contributed by atoms with Gasteiger partial charge in [-0.3, -0.25) is 4.90 Å². The first kappa shape index (κ1) is 10.7. The number of likely N-dealkylation sites (N-methyl/N-ethyl adjacent to an activating group) is 1. The van der Waals surface area contributed by atoms with Crippen LogP contribution in [0.1, 0.15) is 44.5 Å². The van der Waals surface area contributed by atoms with Gasteiger partial charge in [0.05, 0.1) is 0 Å². The lowest BCUT2D eigenvalue weighted by molar-refractivity contribution is 0.265. The molecule has 0 unspecified atom stereocenters. The SMILES string of the molecule is CCN1CCc2[nH]cc(C(C)(C)C)c2C1. The molecule has 2 rings (SSSR count). The lowest BCUT2D eigenvalue weighted by Crippen LogP contribution is -2.31. The Morgan fingerprint density at radius 3 is 2.73 bits per heavy atom. The Morgan fingerprint density at radius 2 is 2.13 bits per heavy atom. The molecule has 1 aliphatic rings. The van der Waals surface area contributed by atoms with Crippen LogP contribution in [0.4, 0.5) is 0 Å². The molecular weight excluding hydrogens is 184 g/mol. The molecule has 15 heavy (non-hydrogen) atoms. The van der Waals surface area contributed by atoms with Gasteiger partial charge in [0.1, 0.15) is 0 Å². The highest BCUT2D eigenvalue weighted by Crippen LogP contribution is 2.31. The number of hydrogen-bond acceptors (Lipinski definition) is 1. The van der Waals surface area contributed by atoms with Crippen molar-refractivity contribution in [3.05, 3.63) is 23.0 Å². The molecule has 1 N–H and O–H groups in total. The molecule has 84 valence electrons. The van der Waals surface area contributed by atoms with Crippen molar-refractivity contribution >= 4 is 0 Å². The van der Waals surface area contributed by atoms with Crippen molar-refractivity contribution in [2.24, 2.45) is 0 Å². The molecule has 0 aliphatic carbocycles.